The van der Waals surface area contributed by atoms with Crippen molar-refractivity contribution >= 4 is 11.6 Å². The molecule has 0 fully saturated rings. The number of carbonyl (C=O) groups excluding carboxylic acids is 1. The lowest BCUT2D eigenvalue weighted by Gasteiger charge is -2.20. The number of anilines is 1. The first-order chi connectivity index (χ1) is 9.49. The zero-order valence-corrected chi connectivity index (χ0v) is 12.1. The van der Waals surface area contributed by atoms with E-state index in [1.807, 2.05) is 63.2 Å². The fraction of sp³-hybridized carbons (Fsp3) is 0.235. The number of benzene rings is 2. The number of carbonyl (C=O) groups is 1. The summed E-state index contributed by atoms with van der Waals surface area (Å²) in [6, 6.07) is 13.3. The lowest BCUT2D eigenvalue weighted by atomic mass is 9.97. The monoisotopic (exact) mass is 268 g/mol. The van der Waals surface area contributed by atoms with Crippen molar-refractivity contribution in [3.63, 3.8) is 0 Å². The number of primary amides is 1. The van der Waals surface area contributed by atoms with E-state index in [0.29, 0.717) is 0 Å². The van der Waals surface area contributed by atoms with Gasteiger partial charge in [0.15, 0.2) is 0 Å². The summed E-state index contributed by atoms with van der Waals surface area (Å²) < 4.78 is 0. The van der Waals surface area contributed by atoms with E-state index >= 15 is 0 Å². The van der Waals surface area contributed by atoms with Crippen LogP contribution in [-0.4, -0.2) is 5.91 Å². The van der Waals surface area contributed by atoms with Gasteiger partial charge in [0.05, 0.1) is 0 Å². The molecule has 1 amide bonds. The van der Waals surface area contributed by atoms with Gasteiger partial charge >= 0.3 is 0 Å². The van der Waals surface area contributed by atoms with Gasteiger partial charge in [-0.05, 0) is 49.6 Å². The van der Waals surface area contributed by atoms with Crippen LogP contribution in [0.5, 0.6) is 0 Å². The van der Waals surface area contributed by atoms with Gasteiger partial charge in [0, 0.05) is 5.69 Å². The van der Waals surface area contributed by atoms with Crippen molar-refractivity contribution in [1.82, 2.24) is 0 Å². The average Bonchev–Trinajstić information content (AvgIpc) is 2.41. The van der Waals surface area contributed by atoms with E-state index in [9.17, 15) is 4.79 Å². The smallest absolute Gasteiger partial charge is 0.244 e. The molecule has 20 heavy (non-hydrogen) atoms. The second kappa shape index (κ2) is 5.78. The molecule has 0 spiro atoms. The quantitative estimate of drug-likeness (QED) is 0.894. The van der Waals surface area contributed by atoms with E-state index in [2.05, 4.69) is 5.32 Å². The Balaban J connectivity index is 2.34. The first-order valence-electron chi connectivity index (χ1n) is 6.67. The molecule has 0 aliphatic carbocycles. The SMILES string of the molecule is Cc1ccc(NC(C(N)=O)c2cccc(C)c2C)cc1. The highest BCUT2D eigenvalue weighted by Gasteiger charge is 2.20. The molecule has 0 aromatic heterocycles. The predicted octanol–water partition coefficient (Wildman–Crippen LogP) is 3.25. The third-order valence-electron chi connectivity index (χ3n) is 3.60. The van der Waals surface area contributed by atoms with E-state index in [0.717, 1.165) is 22.4 Å². The molecule has 0 aliphatic heterocycles. The van der Waals surface area contributed by atoms with E-state index < -0.39 is 6.04 Å². The molecule has 104 valence electrons. The summed E-state index contributed by atoms with van der Waals surface area (Å²) in [6.45, 7) is 6.07. The molecule has 0 bridgehead atoms. The first-order valence-corrected chi connectivity index (χ1v) is 6.67. The number of amides is 1. The Labute approximate surface area is 119 Å². The number of aryl methyl sites for hydroxylation is 2. The Kier molecular flexibility index (Phi) is 4.08. The Bertz CT molecular complexity index is 617. The number of hydrogen-bond donors (Lipinski definition) is 2. The lowest BCUT2D eigenvalue weighted by molar-refractivity contribution is -0.118. The number of nitrogens with two attached hydrogens (primary N) is 1. The Morgan fingerprint density at radius 2 is 1.70 bits per heavy atom. The van der Waals surface area contributed by atoms with Crippen molar-refractivity contribution in [3.05, 3.63) is 64.7 Å². The van der Waals surface area contributed by atoms with Crippen LogP contribution < -0.4 is 11.1 Å². The minimum Gasteiger partial charge on any atom is -0.370 e. The summed E-state index contributed by atoms with van der Waals surface area (Å²) in [6.07, 6.45) is 0. The molecule has 3 heteroatoms. The van der Waals surface area contributed by atoms with Gasteiger partial charge in [-0.1, -0.05) is 35.9 Å². The van der Waals surface area contributed by atoms with Crippen LogP contribution in [0.1, 0.15) is 28.3 Å². The molecule has 0 heterocycles. The van der Waals surface area contributed by atoms with Gasteiger partial charge in [-0.15, -0.1) is 0 Å². The van der Waals surface area contributed by atoms with Gasteiger partial charge in [0.2, 0.25) is 5.91 Å². The second-order valence-electron chi connectivity index (χ2n) is 5.13. The van der Waals surface area contributed by atoms with Gasteiger partial charge in [0.25, 0.3) is 0 Å². The second-order valence-corrected chi connectivity index (χ2v) is 5.13. The van der Waals surface area contributed by atoms with Gasteiger partial charge in [0.1, 0.15) is 6.04 Å². The zero-order chi connectivity index (χ0) is 14.7. The van der Waals surface area contributed by atoms with Crippen LogP contribution in [-0.2, 0) is 4.79 Å². The molecular formula is C17H20N2O. The van der Waals surface area contributed by atoms with E-state index in [-0.39, 0.29) is 5.91 Å². The van der Waals surface area contributed by atoms with Crippen LogP contribution in [0, 0.1) is 20.8 Å². The van der Waals surface area contributed by atoms with Gasteiger partial charge in [-0.3, -0.25) is 4.79 Å². The lowest BCUT2D eigenvalue weighted by Crippen LogP contribution is -2.28. The molecule has 2 aromatic rings. The molecule has 1 unspecified atom stereocenters. The van der Waals surface area contributed by atoms with Crippen LogP contribution >= 0.6 is 0 Å². The zero-order valence-electron chi connectivity index (χ0n) is 12.1. The molecule has 0 saturated carbocycles. The number of rotatable bonds is 4. The molecule has 0 aliphatic rings. The van der Waals surface area contributed by atoms with Crippen LogP contribution in [0.25, 0.3) is 0 Å². The highest BCUT2D eigenvalue weighted by molar-refractivity contribution is 5.85. The van der Waals surface area contributed by atoms with E-state index in [1.165, 1.54) is 5.56 Å². The normalized spacial score (nSPS) is 11.9. The minimum atomic E-state index is -0.516. The standard InChI is InChI=1S/C17H20N2O/c1-11-7-9-14(10-8-11)19-16(17(18)20)15-6-4-5-12(2)13(15)3/h4-10,16,19H,1-3H3,(H2,18,20). The van der Waals surface area contributed by atoms with Gasteiger partial charge in [-0.25, -0.2) is 0 Å². The van der Waals surface area contributed by atoms with Crippen LogP contribution in [0.2, 0.25) is 0 Å². The van der Waals surface area contributed by atoms with Crippen molar-refractivity contribution in [2.75, 3.05) is 5.32 Å². The number of hydrogen-bond acceptors (Lipinski definition) is 2. The molecule has 3 nitrogen and oxygen atoms in total. The topological polar surface area (TPSA) is 55.1 Å². The maximum atomic E-state index is 11.8. The van der Waals surface area contributed by atoms with Crippen LogP contribution in [0.15, 0.2) is 42.5 Å². The molecule has 2 aromatic carbocycles. The molecule has 1 atom stereocenters. The Morgan fingerprint density at radius 3 is 2.30 bits per heavy atom. The summed E-state index contributed by atoms with van der Waals surface area (Å²) in [4.78, 5) is 11.8. The summed E-state index contributed by atoms with van der Waals surface area (Å²) in [7, 11) is 0. The summed E-state index contributed by atoms with van der Waals surface area (Å²) >= 11 is 0. The maximum absolute atomic E-state index is 11.8. The van der Waals surface area contributed by atoms with Gasteiger partial charge in [-0.2, -0.15) is 0 Å². The molecular weight excluding hydrogens is 248 g/mol. The highest BCUT2D eigenvalue weighted by atomic mass is 16.1. The maximum Gasteiger partial charge on any atom is 0.244 e. The van der Waals surface area contributed by atoms with Crippen molar-refractivity contribution in [2.24, 2.45) is 5.73 Å². The van der Waals surface area contributed by atoms with Crippen molar-refractivity contribution in [1.29, 1.82) is 0 Å². The van der Waals surface area contributed by atoms with Crippen LogP contribution in [0.3, 0.4) is 0 Å². The van der Waals surface area contributed by atoms with E-state index in [1.54, 1.807) is 0 Å². The average molecular weight is 268 g/mol. The third-order valence-corrected chi connectivity index (χ3v) is 3.60. The third kappa shape index (κ3) is 2.99. The fourth-order valence-electron chi connectivity index (χ4n) is 2.21. The fourth-order valence-corrected chi connectivity index (χ4v) is 2.21. The predicted molar refractivity (Wildman–Crippen MR) is 82.7 cm³/mol. The van der Waals surface area contributed by atoms with Crippen LogP contribution in [0.4, 0.5) is 5.69 Å². The van der Waals surface area contributed by atoms with Crippen molar-refractivity contribution < 1.29 is 4.79 Å². The largest absolute Gasteiger partial charge is 0.370 e. The highest BCUT2D eigenvalue weighted by Crippen LogP contribution is 2.24. The Morgan fingerprint density at radius 1 is 1.05 bits per heavy atom. The van der Waals surface area contributed by atoms with Crippen molar-refractivity contribution in [3.8, 4) is 0 Å². The first kappa shape index (κ1) is 14.1. The van der Waals surface area contributed by atoms with E-state index in [4.69, 9.17) is 5.73 Å². The van der Waals surface area contributed by atoms with Crippen molar-refractivity contribution in [2.45, 2.75) is 26.8 Å². The van der Waals surface area contributed by atoms with Gasteiger partial charge < -0.3 is 11.1 Å². The minimum absolute atomic E-state index is 0.376. The molecule has 0 saturated heterocycles. The summed E-state index contributed by atoms with van der Waals surface area (Å²) in [5, 5.41) is 3.22. The number of nitrogens with one attached hydrogen (secondary N) is 1. The molecule has 3 N–H and O–H groups in total. The Hall–Kier alpha value is -2.29. The molecule has 2 rings (SSSR count). The summed E-state index contributed by atoms with van der Waals surface area (Å²) in [5.74, 6) is -0.376. The molecule has 0 radical (unpaired) electrons. The summed E-state index contributed by atoms with van der Waals surface area (Å²) in [5.41, 5.74) is 10.8.